The average molecular weight is 268 g/mol. The number of aryl methyl sites for hydroxylation is 1. The number of thioether (sulfide) groups is 1. The highest BCUT2D eigenvalue weighted by Gasteiger charge is 2.24. The lowest BCUT2D eigenvalue weighted by atomic mass is 10.0. The van der Waals surface area contributed by atoms with Gasteiger partial charge in [0.05, 0.1) is 0 Å². The maximum atomic E-state index is 12.0. The van der Waals surface area contributed by atoms with Crippen LogP contribution in [0.1, 0.15) is 33.5 Å². The van der Waals surface area contributed by atoms with Gasteiger partial charge in [-0.15, -0.1) is 11.8 Å². The molecular formula is C17H16OS. The Morgan fingerprint density at radius 3 is 2.63 bits per heavy atom. The third-order valence-corrected chi connectivity index (χ3v) is 4.76. The molecule has 0 spiro atoms. The Balaban J connectivity index is 1.87. The fourth-order valence-electron chi connectivity index (χ4n) is 2.58. The third kappa shape index (κ3) is 2.45. The highest BCUT2D eigenvalue weighted by atomic mass is 32.2. The number of carbonyl (C=O) groups excluding carboxylic acids is 1. The van der Waals surface area contributed by atoms with Crippen molar-refractivity contribution in [3.63, 3.8) is 0 Å². The minimum Gasteiger partial charge on any atom is -0.294 e. The second kappa shape index (κ2) is 5.22. The van der Waals surface area contributed by atoms with Gasteiger partial charge in [0.25, 0.3) is 0 Å². The monoisotopic (exact) mass is 268 g/mol. The fourth-order valence-corrected chi connectivity index (χ4v) is 3.64. The SMILES string of the molecule is Cc1ccc(SCc2ccccc2)c2c1CCC2=O. The van der Waals surface area contributed by atoms with Gasteiger partial charge in [-0.1, -0.05) is 36.4 Å². The Kier molecular flexibility index (Phi) is 3.43. The zero-order chi connectivity index (χ0) is 13.2. The van der Waals surface area contributed by atoms with Crippen LogP contribution < -0.4 is 0 Å². The zero-order valence-electron chi connectivity index (χ0n) is 11.0. The van der Waals surface area contributed by atoms with Gasteiger partial charge in [-0.2, -0.15) is 0 Å². The van der Waals surface area contributed by atoms with Crippen LogP contribution in [0.4, 0.5) is 0 Å². The summed E-state index contributed by atoms with van der Waals surface area (Å²) in [6.07, 6.45) is 1.60. The minimum absolute atomic E-state index is 0.314. The van der Waals surface area contributed by atoms with Crippen LogP contribution in [0, 0.1) is 6.92 Å². The molecule has 3 rings (SSSR count). The molecule has 0 amide bonds. The van der Waals surface area contributed by atoms with Crippen LogP contribution in [0.25, 0.3) is 0 Å². The highest BCUT2D eigenvalue weighted by molar-refractivity contribution is 7.98. The van der Waals surface area contributed by atoms with Crippen LogP contribution in [-0.4, -0.2) is 5.78 Å². The lowest BCUT2D eigenvalue weighted by Gasteiger charge is -2.09. The summed E-state index contributed by atoms with van der Waals surface area (Å²) < 4.78 is 0. The van der Waals surface area contributed by atoms with Gasteiger partial charge >= 0.3 is 0 Å². The number of fused-ring (bicyclic) bond motifs is 1. The number of ketones is 1. The van der Waals surface area contributed by atoms with E-state index in [0.717, 1.165) is 22.6 Å². The maximum Gasteiger partial charge on any atom is 0.164 e. The predicted molar refractivity (Wildman–Crippen MR) is 79.8 cm³/mol. The van der Waals surface area contributed by atoms with Crippen LogP contribution in [0.15, 0.2) is 47.4 Å². The number of hydrogen-bond donors (Lipinski definition) is 0. The molecule has 0 atom stereocenters. The summed E-state index contributed by atoms with van der Waals surface area (Å²) in [4.78, 5) is 13.2. The van der Waals surface area contributed by atoms with Gasteiger partial charge < -0.3 is 0 Å². The van der Waals surface area contributed by atoms with Crippen molar-refractivity contribution in [2.75, 3.05) is 0 Å². The van der Waals surface area contributed by atoms with Crippen molar-refractivity contribution >= 4 is 17.5 Å². The molecule has 1 aliphatic rings. The quantitative estimate of drug-likeness (QED) is 0.767. The summed E-state index contributed by atoms with van der Waals surface area (Å²) in [5.74, 6) is 1.23. The van der Waals surface area contributed by atoms with E-state index < -0.39 is 0 Å². The minimum atomic E-state index is 0.314. The van der Waals surface area contributed by atoms with Gasteiger partial charge in [-0.05, 0) is 36.1 Å². The van der Waals surface area contributed by atoms with Gasteiger partial charge in [-0.3, -0.25) is 4.79 Å². The van der Waals surface area contributed by atoms with Crippen LogP contribution in [-0.2, 0) is 12.2 Å². The lowest BCUT2D eigenvalue weighted by Crippen LogP contribution is -1.96. The number of benzene rings is 2. The normalized spacial score (nSPS) is 13.6. The molecule has 2 aromatic rings. The Labute approximate surface area is 118 Å². The Morgan fingerprint density at radius 2 is 1.84 bits per heavy atom. The number of hydrogen-bond acceptors (Lipinski definition) is 2. The van der Waals surface area contributed by atoms with E-state index in [1.807, 2.05) is 6.07 Å². The molecule has 1 aliphatic carbocycles. The topological polar surface area (TPSA) is 17.1 Å². The molecule has 0 fully saturated rings. The van der Waals surface area contributed by atoms with E-state index in [9.17, 15) is 4.79 Å². The van der Waals surface area contributed by atoms with Crippen molar-refractivity contribution in [1.29, 1.82) is 0 Å². The molecule has 0 saturated carbocycles. The van der Waals surface area contributed by atoms with E-state index in [1.165, 1.54) is 16.7 Å². The van der Waals surface area contributed by atoms with Crippen LogP contribution in [0.3, 0.4) is 0 Å². The van der Waals surface area contributed by atoms with Gasteiger partial charge in [0.15, 0.2) is 5.78 Å². The predicted octanol–water partition coefficient (Wildman–Crippen LogP) is 4.42. The van der Waals surface area contributed by atoms with Crippen molar-refractivity contribution in [3.8, 4) is 0 Å². The molecule has 0 unspecified atom stereocenters. The molecule has 19 heavy (non-hydrogen) atoms. The number of Topliss-reactive ketones (excluding diaryl/α,β-unsaturated/α-hetero) is 1. The molecule has 0 radical (unpaired) electrons. The zero-order valence-corrected chi connectivity index (χ0v) is 11.8. The first-order valence-corrected chi connectivity index (χ1v) is 7.56. The largest absolute Gasteiger partial charge is 0.294 e. The molecule has 0 bridgehead atoms. The molecule has 2 heteroatoms. The first-order chi connectivity index (χ1) is 9.25. The van der Waals surface area contributed by atoms with E-state index in [0.29, 0.717) is 12.2 Å². The molecule has 0 aromatic heterocycles. The smallest absolute Gasteiger partial charge is 0.164 e. The molecule has 0 N–H and O–H groups in total. The van der Waals surface area contributed by atoms with Gasteiger partial charge in [0, 0.05) is 22.6 Å². The number of carbonyl (C=O) groups is 1. The standard InChI is InChI=1S/C17H16OS/c1-12-7-10-16(17-14(12)8-9-15(17)18)19-11-13-5-3-2-4-6-13/h2-7,10H,8-9,11H2,1H3. The second-order valence-corrected chi connectivity index (χ2v) is 5.95. The molecule has 96 valence electrons. The summed E-state index contributed by atoms with van der Waals surface area (Å²) in [6.45, 7) is 2.10. The van der Waals surface area contributed by atoms with Crippen molar-refractivity contribution in [2.45, 2.75) is 30.4 Å². The highest BCUT2D eigenvalue weighted by Crippen LogP contribution is 2.35. The summed E-state index contributed by atoms with van der Waals surface area (Å²) in [5, 5.41) is 0. The summed E-state index contributed by atoms with van der Waals surface area (Å²) in [5.41, 5.74) is 4.81. The van der Waals surface area contributed by atoms with Gasteiger partial charge in [0.2, 0.25) is 0 Å². The lowest BCUT2D eigenvalue weighted by molar-refractivity contribution is 0.0992. The molecule has 1 nitrogen and oxygen atoms in total. The van der Waals surface area contributed by atoms with Crippen molar-refractivity contribution < 1.29 is 4.79 Å². The average Bonchev–Trinajstić information content (AvgIpc) is 2.83. The van der Waals surface area contributed by atoms with Crippen LogP contribution in [0.2, 0.25) is 0 Å². The molecule has 0 aliphatic heterocycles. The first-order valence-electron chi connectivity index (χ1n) is 6.58. The Morgan fingerprint density at radius 1 is 1.05 bits per heavy atom. The van der Waals surface area contributed by atoms with Crippen LogP contribution in [0.5, 0.6) is 0 Å². The van der Waals surface area contributed by atoms with Crippen molar-refractivity contribution in [1.82, 2.24) is 0 Å². The number of rotatable bonds is 3. The summed E-state index contributed by atoms with van der Waals surface area (Å²) >= 11 is 1.77. The Bertz CT molecular complexity index is 617. The fraction of sp³-hybridized carbons (Fsp3) is 0.235. The van der Waals surface area contributed by atoms with Gasteiger partial charge in [0.1, 0.15) is 0 Å². The van der Waals surface area contributed by atoms with E-state index >= 15 is 0 Å². The van der Waals surface area contributed by atoms with E-state index in [4.69, 9.17) is 0 Å². The Hall–Kier alpha value is -1.54. The first kappa shape index (κ1) is 12.5. The molecule has 0 saturated heterocycles. The second-order valence-electron chi connectivity index (χ2n) is 4.93. The third-order valence-electron chi connectivity index (χ3n) is 3.63. The molecule has 0 heterocycles. The molecule has 2 aromatic carbocycles. The summed E-state index contributed by atoms with van der Waals surface area (Å²) in [7, 11) is 0. The van der Waals surface area contributed by atoms with Crippen LogP contribution >= 0.6 is 11.8 Å². The van der Waals surface area contributed by atoms with E-state index in [-0.39, 0.29) is 0 Å². The van der Waals surface area contributed by atoms with E-state index in [1.54, 1.807) is 11.8 Å². The molecular weight excluding hydrogens is 252 g/mol. The van der Waals surface area contributed by atoms with Gasteiger partial charge in [-0.25, -0.2) is 0 Å². The summed E-state index contributed by atoms with van der Waals surface area (Å²) in [6, 6.07) is 14.6. The van der Waals surface area contributed by atoms with Crippen molar-refractivity contribution in [3.05, 3.63) is 64.7 Å². The van der Waals surface area contributed by atoms with E-state index in [2.05, 4.69) is 43.3 Å². The maximum absolute atomic E-state index is 12.0. The van der Waals surface area contributed by atoms with Crippen molar-refractivity contribution in [2.24, 2.45) is 0 Å².